The second-order valence-corrected chi connectivity index (χ2v) is 7.22. The molecule has 2 aromatic carbocycles. The van der Waals surface area contributed by atoms with E-state index in [0.29, 0.717) is 23.2 Å². The van der Waals surface area contributed by atoms with Gasteiger partial charge in [0.1, 0.15) is 23.8 Å². The number of para-hydroxylation sites is 2. The number of benzene rings is 2. The molecule has 0 N–H and O–H groups in total. The van der Waals surface area contributed by atoms with Crippen molar-refractivity contribution in [1.82, 2.24) is 4.57 Å². The molecule has 0 aliphatic heterocycles. The molecule has 0 spiro atoms. The van der Waals surface area contributed by atoms with Crippen molar-refractivity contribution in [2.45, 2.75) is 53.4 Å². The molecule has 3 nitrogen and oxygen atoms in total. The maximum Gasteiger partial charge on any atom is 0.467 e. The summed E-state index contributed by atoms with van der Waals surface area (Å²) < 4.78 is 34.3. The van der Waals surface area contributed by atoms with E-state index in [0.717, 1.165) is 16.9 Å². The molecular weight excluding hydrogens is 320 g/mol. The number of ether oxygens (including phenoxy) is 1. The van der Waals surface area contributed by atoms with Crippen LogP contribution >= 0.6 is 0 Å². The van der Waals surface area contributed by atoms with Crippen molar-refractivity contribution < 1.29 is 13.4 Å². The number of hydrogen-bond acceptors (Lipinski definition) is 1. The van der Waals surface area contributed by atoms with Gasteiger partial charge in [-0.25, -0.2) is 0 Å². The third-order valence-corrected chi connectivity index (χ3v) is 4.58. The second kappa shape index (κ2) is 7.36. The minimum Gasteiger partial charge on any atom is -0.391 e. The van der Waals surface area contributed by atoms with Crippen molar-refractivity contribution >= 4 is 0 Å². The number of imidazole rings is 1. The summed E-state index contributed by atoms with van der Waals surface area (Å²) in [4.78, 5) is 0. The summed E-state index contributed by atoms with van der Waals surface area (Å²) in [5.41, 5.74) is 2.94. The summed E-state index contributed by atoms with van der Waals surface area (Å²) in [5, 5.41) is 0. The van der Waals surface area contributed by atoms with Crippen molar-refractivity contribution in [3.05, 3.63) is 71.5 Å². The quantitative estimate of drug-likeness (QED) is 0.525. The number of rotatable bonds is 5. The van der Waals surface area contributed by atoms with Crippen molar-refractivity contribution in [3.8, 4) is 17.4 Å². The van der Waals surface area contributed by atoms with Crippen molar-refractivity contribution in [2.24, 2.45) is 0 Å². The molecule has 0 amide bonds. The SMILES string of the molecule is [2H]C([2H])([2H])c1cccc(C)c1-n1cc[n+](C(C)C)c1Oc1ccccc1C(C)C. The van der Waals surface area contributed by atoms with Gasteiger partial charge in [0.15, 0.2) is 0 Å². The molecule has 0 bridgehead atoms. The summed E-state index contributed by atoms with van der Waals surface area (Å²) >= 11 is 0. The molecule has 0 fully saturated rings. The zero-order valence-corrected chi connectivity index (χ0v) is 16.2. The first kappa shape index (κ1) is 14.6. The lowest BCUT2D eigenvalue weighted by molar-refractivity contribution is -0.718. The fraction of sp³-hybridized carbons (Fsp3) is 0.348. The second-order valence-electron chi connectivity index (χ2n) is 7.22. The number of nitrogens with zero attached hydrogens (tertiary/aromatic N) is 2. The van der Waals surface area contributed by atoms with Crippen LogP contribution in [0.25, 0.3) is 5.69 Å². The minimum absolute atomic E-state index is 0.151. The Morgan fingerprint density at radius 3 is 2.42 bits per heavy atom. The standard InChI is InChI=1S/C23H29N2O/c1-16(2)20-12-7-8-13-21(20)26-23-24(17(3)4)14-15-25(23)22-18(5)10-9-11-19(22)6/h7-17H,1-6H3/q+1/i5D3. The average molecular weight is 353 g/mol. The number of hydrogen-bond donors (Lipinski definition) is 0. The molecule has 0 radical (unpaired) electrons. The monoisotopic (exact) mass is 352 g/mol. The van der Waals surface area contributed by atoms with Gasteiger partial charge in [-0.15, -0.1) is 0 Å². The lowest BCUT2D eigenvalue weighted by atomic mass is 10.0. The van der Waals surface area contributed by atoms with Gasteiger partial charge in [-0.1, -0.05) is 50.2 Å². The van der Waals surface area contributed by atoms with Crippen molar-refractivity contribution in [3.63, 3.8) is 0 Å². The Kier molecular flexibility index (Phi) is 4.14. The van der Waals surface area contributed by atoms with Crippen LogP contribution in [0.1, 0.15) is 60.5 Å². The molecule has 1 aromatic heterocycles. The Morgan fingerprint density at radius 2 is 1.73 bits per heavy atom. The summed E-state index contributed by atoms with van der Waals surface area (Å²) in [5.74, 6) is 1.08. The van der Waals surface area contributed by atoms with Crippen molar-refractivity contribution in [2.75, 3.05) is 0 Å². The molecule has 1 heterocycles. The first-order valence-corrected chi connectivity index (χ1v) is 9.11. The lowest BCUT2D eigenvalue weighted by Gasteiger charge is -2.14. The van der Waals surface area contributed by atoms with E-state index in [9.17, 15) is 0 Å². The Hall–Kier alpha value is -2.55. The average Bonchev–Trinajstić information content (AvgIpc) is 3.04. The molecular formula is C23H29N2O+. The van der Waals surface area contributed by atoms with Crippen LogP contribution in [0.2, 0.25) is 0 Å². The molecule has 136 valence electrons. The van der Waals surface area contributed by atoms with Crippen LogP contribution in [0.3, 0.4) is 0 Å². The third kappa shape index (κ3) is 3.39. The zero-order chi connectivity index (χ0) is 21.3. The summed E-state index contributed by atoms with van der Waals surface area (Å²) in [6.07, 6.45) is 3.82. The fourth-order valence-corrected chi connectivity index (χ4v) is 3.18. The predicted molar refractivity (Wildman–Crippen MR) is 106 cm³/mol. The van der Waals surface area contributed by atoms with E-state index < -0.39 is 6.85 Å². The van der Waals surface area contributed by atoms with Gasteiger partial charge in [0.2, 0.25) is 0 Å². The van der Waals surface area contributed by atoms with Crippen LogP contribution in [-0.4, -0.2) is 4.57 Å². The van der Waals surface area contributed by atoms with Gasteiger partial charge in [-0.2, -0.15) is 9.13 Å². The zero-order valence-electron chi connectivity index (χ0n) is 19.2. The molecule has 3 heteroatoms. The van der Waals surface area contributed by atoms with Gasteiger partial charge in [0, 0.05) is 4.11 Å². The maximum absolute atomic E-state index is 8.01. The molecule has 0 saturated carbocycles. The summed E-state index contributed by atoms with van der Waals surface area (Å²) in [6, 6.07) is 14.1. The molecule has 3 aromatic rings. The lowest BCUT2D eigenvalue weighted by Crippen LogP contribution is -2.36. The largest absolute Gasteiger partial charge is 0.467 e. The van der Waals surface area contributed by atoms with Crippen LogP contribution < -0.4 is 9.30 Å². The van der Waals surface area contributed by atoms with Gasteiger partial charge >= 0.3 is 6.01 Å². The Labute approximate surface area is 161 Å². The highest BCUT2D eigenvalue weighted by Gasteiger charge is 2.26. The van der Waals surface area contributed by atoms with E-state index in [1.54, 1.807) is 12.1 Å². The third-order valence-electron chi connectivity index (χ3n) is 4.58. The van der Waals surface area contributed by atoms with Gasteiger partial charge in [0.25, 0.3) is 0 Å². The molecule has 0 aliphatic rings. The minimum atomic E-state index is -2.22. The highest BCUT2D eigenvalue weighted by molar-refractivity contribution is 5.48. The van der Waals surface area contributed by atoms with Gasteiger partial charge < -0.3 is 4.74 Å². The normalized spacial score (nSPS) is 13.6. The highest BCUT2D eigenvalue weighted by atomic mass is 16.5. The van der Waals surface area contributed by atoms with Gasteiger partial charge in [-0.3, -0.25) is 0 Å². The van der Waals surface area contributed by atoms with Gasteiger partial charge in [0.05, 0.1) is 6.04 Å². The van der Waals surface area contributed by atoms with E-state index >= 15 is 0 Å². The van der Waals surface area contributed by atoms with E-state index in [-0.39, 0.29) is 6.04 Å². The Balaban J connectivity index is 2.23. The Morgan fingerprint density at radius 1 is 1.00 bits per heavy atom. The van der Waals surface area contributed by atoms with E-state index in [4.69, 9.17) is 8.85 Å². The molecule has 0 aliphatic carbocycles. The molecule has 26 heavy (non-hydrogen) atoms. The van der Waals surface area contributed by atoms with Crippen LogP contribution in [-0.2, 0) is 0 Å². The summed E-state index contributed by atoms with van der Waals surface area (Å²) in [6.45, 7) is 8.12. The topological polar surface area (TPSA) is 18.0 Å². The first-order chi connectivity index (χ1) is 13.6. The summed E-state index contributed by atoms with van der Waals surface area (Å²) in [7, 11) is 0. The fourth-order valence-electron chi connectivity index (χ4n) is 3.18. The number of aromatic nitrogens is 2. The van der Waals surface area contributed by atoms with Crippen LogP contribution in [0.4, 0.5) is 0 Å². The molecule has 0 saturated heterocycles. The Bertz CT molecular complexity index is 1000. The van der Waals surface area contributed by atoms with E-state index in [2.05, 4.69) is 33.8 Å². The van der Waals surface area contributed by atoms with Crippen LogP contribution in [0.15, 0.2) is 54.9 Å². The van der Waals surface area contributed by atoms with E-state index in [1.807, 2.05) is 52.7 Å². The maximum atomic E-state index is 8.01. The van der Waals surface area contributed by atoms with E-state index in [1.165, 1.54) is 0 Å². The molecule has 0 atom stereocenters. The van der Waals surface area contributed by atoms with Crippen LogP contribution in [0, 0.1) is 13.8 Å². The first-order valence-electron chi connectivity index (χ1n) is 10.6. The molecule has 0 unspecified atom stereocenters. The van der Waals surface area contributed by atoms with Crippen LogP contribution in [0.5, 0.6) is 11.8 Å². The highest BCUT2D eigenvalue weighted by Crippen LogP contribution is 2.31. The molecule has 3 rings (SSSR count). The smallest absolute Gasteiger partial charge is 0.391 e. The van der Waals surface area contributed by atoms with Gasteiger partial charge in [-0.05, 0) is 56.3 Å². The predicted octanol–water partition coefficient (Wildman–Crippen LogP) is 5.88. The number of aryl methyl sites for hydroxylation is 2. The van der Waals surface area contributed by atoms with Crippen molar-refractivity contribution in [1.29, 1.82) is 0 Å².